The Morgan fingerprint density at radius 1 is 0.893 bits per heavy atom. The highest BCUT2D eigenvalue weighted by atomic mass is 79.9. The number of fused-ring (bicyclic) bond motifs is 1. The van der Waals surface area contributed by atoms with Gasteiger partial charge in [-0.15, -0.1) is 0 Å². The predicted molar refractivity (Wildman–Crippen MR) is 122 cm³/mol. The van der Waals surface area contributed by atoms with Crippen LogP contribution in [0.15, 0.2) is 59.2 Å². The summed E-state index contributed by atoms with van der Waals surface area (Å²) in [6.45, 7) is 2.26. The van der Waals surface area contributed by atoms with E-state index in [1.807, 2.05) is 22.8 Å². The minimum atomic E-state index is 0.924. The molecule has 0 atom stereocenters. The lowest BCUT2D eigenvalue weighted by Crippen LogP contribution is -1.87. The molecular weight excluding hydrogens is 430 g/mol. The highest BCUT2D eigenvalue weighted by molar-refractivity contribution is 9.10. The van der Waals surface area contributed by atoms with Crippen LogP contribution in [0, 0.1) is 0 Å². The molecule has 0 fully saturated rings. The zero-order chi connectivity index (χ0) is 19.3. The maximum atomic E-state index is 4.74. The van der Waals surface area contributed by atoms with Gasteiger partial charge in [0.15, 0.2) is 0 Å². The minimum Gasteiger partial charge on any atom is -0.217 e. The summed E-state index contributed by atoms with van der Waals surface area (Å²) in [6, 6.07) is 17.1. The number of imidazole rings is 1. The van der Waals surface area contributed by atoms with Gasteiger partial charge in [-0.3, -0.25) is 0 Å². The second kappa shape index (κ2) is 9.01. The molecule has 3 nitrogen and oxygen atoms in total. The molecular formula is C23H24BrN3S. The molecule has 0 aliphatic carbocycles. The van der Waals surface area contributed by atoms with E-state index >= 15 is 0 Å². The maximum absolute atomic E-state index is 4.74. The van der Waals surface area contributed by atoms with Gasteiger partial charge in [0, 0.05) is 15.6 Å². The molecule has 2 heterocycles. The second-order valence-electron chi connectivity index (χ2n) is 7.13. The van der Waals surface area contributed by atoms with Crippen molar-refractivity contribution in [2.75, 3.05) is 0 Å². The van der Waals surface area contributed by atoms with Crippen LogP contribution < -0.4 is 0 Å². The number of hydrogen-bond donors (Lipinski definition) is 0. The highest BCUT2D eigenvalue weighted by Gasteiger charge is 2.11. The lowest BCUT2D eigenvalue weighted by atomic mass is 10.0. The first-order chi connectivity index (χ1) is 13.7. The van der Waals surface area contributed by atoms with Crippen LogP contribution in [0.25, 0.3) is 26.8 Å². The molecule has 2 aromatic heterocycles. The summed E-state index contributed by atoms with van der Waals surface area (Å²) in [6.07, 6.45) is 9.80. The van der Waals surface area contributed by atoms with E-state index in [0.29, 0.717) is 0 Å². The average molecular weight is 454 g/mol. The van der Waals surface area contributed by atoms with Crippen molar-refractivity contribution in [1.82, 2.24) is 14.6 Å². The fourth-order valence-corrected chi connectivity index (χ4v) is 4.47. The van der Waals surface area contributed by atoms with Gasteiger partial charge in [0.05, 0.1) is 11.9 Å². The van der Waals surface area contributed by atoms with Crippen molar-refractivity contribution < 1.29 is 0 Å². The first kappa shape index (κ1) is 19.3. The van der Waals surface area contributed by atoms with Gasteiger partial charge in [-0.25, -0.2) is 9.50 Å². The SMILES string of the molecule is CCCCCCCc1ccc(-c2nn3cc(-c4ccc(Br)cc4)nc3s2)cc1. The number of rotatable bonds is 8. The topological polar surface area (TPSA) is 30.2 Å². The van der Waals surface area contributed by atoms with Crippen molar-refractivity contribution in [3.8, 4) is 21.8 Å². The summed E-state index contributed by atoms with van der Waals surface area (Å²) in [7, 11) is 0. The minimum absolute atomic E-state index is 0.924. The van der Waals surface area contributed by atoms with E-state index < -0.39 is 0 Å². The Hall–Kier alpha value is -1.98. The van der Waals surface area contributed by atoms with Crippen LogP contribution in [0.5, 0.6) is 0 Å². The van der Waals surface area contributed by atoms with Crippen LogP contribution in [0.2, 0.25) is 0 Å². The summed E-state index contributed by atoms with van der Waals surface area (Å²) < 4.78 is 2.96. The zero-order valence-corrected chi connectivity index (χ0v) is 18.5. The molecule has 0 bridgehead atoms. The lowest BCUT2D eigenvalue weighted by Gasteiger charge is -2.03. The third-order valence-electron chi connectivity index (χ3n) is 4.95. The van der Waals surface area contributed by atoms with Crippen LogP contribution in [-0.4, -0.2) is 14.6 Å². The first-order valence-electron chi connectivity index (χ1n) is 9.94. The maximum Gasteiger partial charge on any atom is 0.213 e. The van der Waals surface area contributed by atoms with E-state index in [-0.39, 0.29) is 0 Å². The number of aromatic nitrogens is 3. The molecule has 0 aliphatic heterocycles. The second-order valence-corrected chi connectivity index (χ2v) is 9.00. The van der Waals surface area contributed by atoms with Gasteiger partial charge < -0.3 is 0 Å². The van der Waals surface area contributed by atoms with Gasteiger partial charge >= 0.3 is 0 Å². The summed E-state index contributed by atoms with van der Waals surface area (Å²) in [5, 5.41) is 5.75. The Kier molecular flexibility index (Phi) is 6.23. The molecule has 4 rings (SSSR count). The van der Waals surface area contributed by atoms with Crippen LogP contribution in [0.1, 0.15) is 44.6 Å². The van der Waals surface area contributed by atoms with Crippen molar-refractivity contribution in [1.29, 1.82) is 0 Å². The van der Waals surface area contributed by atoms with Gasteiger partial charge in [0.25, 0.3) is 0 Å². The van der Waals surface area contributed by atoms with Crippen molar-refractivity contribution in [3.05, 3.63) is 64.8 Å². The smallest absolute Gasteiger partial charge is 0.213 e. The van der Waals surface area contributed by atoms with Crippen molar-refractivity contribution in [2.24, 2.45) is 0 Å². The quantitative estimate of drug-likeness (QED) is 0.260. The standard InChI is InChI=1S/C23H24BrN3S/c1-2-3-4-5-6-7-17-8-10-19(11-9-17)22-26-27-16-21(25-23(27)28-22)18-12-14-20(24)15-13-18/h8-16H,2-7H2,1H3. The van der Waals surface area contributed by atoms with Gasteiger partial charge in [-0.05, 0) is 30.5 Å². The molecule has 4 aromatic rings. The zero-order valence-electron chi connectivity index (χ0n) is 16.1. The van der Waals surface area contributed by atoms with E-state index in [4.69, 9.17) is 10.1 Å². The molecule has 0 unspecified atom stereocenters. The van der Waals surface area contributed by atoms with E-state index in [1.165, 1.54) is 44.1 Å². The fraction of sp³-hybridized carbons (Fsp3) is 0.304. The highest BCUT2D eigenvalue weighted by Crippen LogP contribution is 2.29. The van der Waals surface area contributed by atoms with Gasteiger partial charge in [0.2, 0.25) is 4.96 Å². The molecule has 0 radical (unpaired) electrons. The third-order valence-corrected chi connectivity index (χ3v) is 6.45. The molecule has 28 heavy (non-hydrogen) atoms. The normalized spacial score (nSPS) is 11.4. The predicted octanol–water partition coefficient (Wildman–Crippen LogP) is 7.40. The summed E-state index contributed by atoms with van der Waals surface area (Å²) >= 11 is 5.11. The molecule has 0 saturated heterocycles. The number of nitrogens with zero attached hydrogens (tertiary/aromatic N) is 3. The molecule has 144 valence electrons. The van der Waals surface area contributed by atoms with Crippen molar-refractivity contribution in [2.45, 2.75) is 45.4 Å². The van der Waals surface area contributed by atoms with Gasteiger partial charge in [-0.2, -0.15) is 5.10 Å². The number of halogens is 1. The molecule has 0 saturated carbocycles. The summed E-state index contributed by atoms with van der Waals surface area (Å²) in [5.74, 6) is 0. The molecule has 0 N–H and O–H groups in total. The van der Waals surface area contributed by atoms with E-state index in [1.54, 1.807) is 11.3 Å². The molecule has 0 aliphatic rings. The largest absolute Gasteiger partial charge is 0.217 e. The first-order valence-corrected chi connectivity index (χ1v) is 11.6. The van der Waals surface area contributed by atoms with E-state index in [0.717, 1.165) is 31.3 Å². The number of unbranched alkanes of at least 4 members (excludes halogenated alkanes) is 4. The van der Waals surface area contributed by atoms with Gasteiger partial charge in [0.1, 0.15) is 5.01 Å². The Balaban J connectivity index is 1.44. The van der Waals surface area contributed by atoms with Crippen molar-refractivity contribution in [3.63, 3.8) is 0 Å². The van der Waals surface area contributed by atoms with Crippen molar-refractivity contribution >= 4 is 32.2 Å². The average Bonchev–Trinajstić information content (AvgIpc) is 3.28. The summed E-state index contributed by atoms with van der Waals surface area (Å²) in [5.41, 5.74) is 4.64. The van der Waals surface area contributed by atoms with Gasteiger partial charge in [-0.1, -0.05) is 96.3 Å². The monoisotopic (exact) mass is 453 g/mol. The van der Waals surface area contributed by atoms with Crippen LogP contribution in [0.3, 0.4) is 0 Å². The third kappa shape index (κ3) is 4.53. The summed E-state index contributed by atoms with van der Waals surface area (Å²) in [4.78, 5) is 5.67. The van der Waals surface area contributed by atoms with E-state index in [9.17, 15) is 0 Å². The number of hydrogen-bond acceptors (Lipinski definition) is 3. The number of aryl methyl sites for hydroxylation is 1. The molecule has 2 aromatic carbocycles. The molecule has 0 spiro atoms. The van der Waals surface area contributed by atoms with Crippen LogP contribution in [-0.2, 0) is 6.42 Å². The Labute approximate surface area is 178 Å². The Morgan fingerprint density at radius 2 is 1.61 bits per heavy atom. The Bertz CT molecular complexity index is 1000. The Morgan fingerprint density at radius 3 is 2.32 bits per heavy atom. The van der Waals surface area contributed by atoms with E-state index in [2.05, 4.69) is 59.3 Å². The van der Waals surface area contributed by atoms with Crippen LogP contribution in [0.4, 0.5) is 0 Å². The fourth-order valence-electron chi connectivity index (χ4n) is 3.32. The number of benzene rings is 2. The molecule has 5 heteroatoms. The van der Waals surface area contributed by atoms with Crippen LogP contribution >= 0.6 is 27.3 Å². The molecule has 0 amide bonds. The lowest BCUT2D eigenvalue weighted by molar-refractivity contribution is 0.632.